The molecule has 0 fully saturated rings. The first-order chi connectivity index (χ1) is 12.2. The Morgan fingerprint density at radius 2 is 1.92 bits per heavy atom. The number of hydrogen-bond acceptors (Lipinski definition) is 5. The van der Waals surface area contributed by atoms with Crippen LogP contribution in [0.5, 0.6) is 11.5 Å². The maximum Gasteiger partial charge on any atom is 0.258 e. The third-order valence-corrected chi connectivity index (χ3v) is 4.49. The fourth-order valence-corrected chi connectivity index (χ4v) is 3.13. The first-order valence-electron chi connectivity index (χ1n) is 7.51. The van der Waals surface area contributed by atoms with E-state index in [0.29, 0.717) is 39.7 Å². The number of fused-ring (bicyclic) bond motifs is 1. The van der Waals surface area contributed by atoms with Crippen molar-refractivity contribution >= 4 is 33.8 Å². The fourth-order valence-electron chi connectivity index (χ4n) is 2.45. The van der Waals surface area contributed by atoms with E-state index in [1.54, 1.807) is 48.0 Å². The van der Waals surface area contributed by atoms with Crippen LogP contribution < -0.4 is 10.3 Å². The highest BCUT2D eigenvalue weighted by molar-refractivity contribution is 7.07. The number of benzene rings is 2. The number of nitrogens with one attached hydrogen (secondary N) is 1. The summed E-state index contributed by atoms with van der Waals surface area (Å²) in [5.74, 6) is 1.80. The largest absolute Gasteiger partial charge is 0.457 e. The number of thiazole rings is 1. The van der Waals surface area contributed by atoms with Crippen LogP contribution in [0.3, 0.4) is 0 Å². The predicted molar refractivity (Wildman–Crippen MR) is 98.8 cm³/mol. The first kappa shape index (κ1) is 15.8. The molecule has 0 saturated heterocycles. The van der Waals surface area contributed by atoms with Gasteiger partial charge in [0.15, 0.2) is 0 Å². The van der Waals surface area contributed by atoms with Crippen LogP contribution in [0, 0.1) is 0 Å². The van der Waals surface area contributed by atoms with Gasteiger partial charge in [-0.3, -0.25) is 4.79 Å². The molecule has 0 unspecified atom stereocenters. The Hall–Kier alpha value is -2.70. The maximum absolute atomic E-state index is 12.4. The highest BCUT2D eigenvalue weighted by Crippen LogP contribution is 2.25. The zero-order chi connectivity index (χ0) is 17.2. The van der Waals surface area contributed by atoms with Crippen molar-refractivity contribution < 1.29 is 4.74 Å². The van der Waals surface area contributed by atoms with Crippen LogP contribution in [0.1, 0.15) is 11.5 Å². The molecule has 0 aliphatic rings. The monoisotopic (exact) mass is 369 g/mol. The van der Waals surface area contributed by atoms with Gasteiger partial charge in [0.2, 0.25) is 0 Å². The maximum atomic E-state index is 12.4. The van der Waals surface area contributed by atoms with E-state index in [1.807, 2.05) is 5.38 Å². The molecule has 2 heterocycles. The summed E-state index contributed by atoms with van der Waals surface area (Å²) in [6.07, 6.45) is 0.498. The molecule has 4 rings (SSSR count). The minimum Gasteiger partial charge on any atom is -0.457 e. The van der Waals surface area contributed by atoms with Crippen molar-refractivity contribution in [3.05, 3.63) is 80.2 Å². The Bertz CT molecular complexity index is 1080. The number of rotatable bonds is 4. The zero-order valence-electron chi connectivity index (χ0n) is 12.9. The van der Waals surface area contributed by atoms with Crippen molar-refractivity contribution in [3.63, 3.8) is 0 Å². The predicted octanol–water partition coefficient (Wildman–Crippen LogP) is 4.42. The number of aromatic nitrogens is 3. The number of H-pyrrole nitrogens is 1. The van der Waals surface area contributed by atoms with E-state index >= 15 is 0 Å². The Kier molecular flexibility index (Phi) is 4.21. The highest BCUT2D eigenvalue weighted by Gasteiger charge is 2.08. The van der Waals surface area contributed by atoms with Gasteiger partial charge < -0.3 is 9.72 Å². The molecule has 0 aliphatic heterocycles. The molecular formula is C18H12ClN3O2S. The molecule has 0 amide bonds. The van der Waals surface area contributed by atoms with E-state index in [4.69, 9.17) is 16.3 Å². The van der Waals surface area contributed by atoms with Gasteiger partial charge in [-0.1, -0.05) is 11.6 Å². The second-order valence-electron chi connectivity index (χ2n) is 5.40. The van der Waals surface area contributed by atoms with Crippen molar-refractivity contribution in [2.45, 2.75) is 6.42 Å². The van der Waals surface area contributed by atoms with E-state index in [9.17, 15) is 4.79 Å². The van der Waals surface area contributed by atoms with E-state index in [1.165, 1.54) is 11.3 Å². The number of halogens is 1. The van der Waals surface area contributed by atoms with Crippen LogP contribution in [0.2, 0.25) is 5.02 Å². The third kappa shape index (κ3) is 3.55. The molecule has 0 atom stereocenters. The van der Waals surface area contributed by atoms with Crippen molar-refractivity contribution in [1.82, 2.24) is 15.0 Å². The van der Waals surface area contributed by atoms with Gasteiger partial charge in [0.1, 0.15) is 17.3 Å². The minimum absolute atomic E-state index is 0.197. The smallest absolute Gasteiger partial charge is 0.258 e. The average Bonchev–Trinajstić information content (AvgIpc) is 3.10. The van der Waals surface area contributed by atoms with E-state index in [2.05, 4.69) is 15.0 Å². The number of ether oxygens (including phenoxy) is 1. The third-order valence-electron chi connectivity index (χ3n) is 3.61. The van der Waals surface area contributed by atoms with Gasteiger partial charge in [-0.25, -0.2) is 9.97 Å². The van der Waals surface area contributed by atoms with Crippen LogP contribution >= 0.6 is 22.9 Å². The van der Waals surface area contributed by atoms with E-state index < -0.39 is 0 Å². The average molecular weight is 370 g/mol. The second-order valence-corrected chi connectivity index (χ2v) is 6.56. The van der Waals surface area contributed by atoms with Gasteiger partial charge in [-0.2, -0.15) is 0 Å². The molecule has 5 nitrogen and oxygen atoms in total. The highest BCUT2D eigenvalue weighted by atomic mass is 35.5. The Labute approximate surface area is 151 Å². The Balaban J connectivity index is 1.65. The Morgan fingerprint density at radius 1 is 1.12 bits per heavy atom. The van der Waals surface area contributed by atoms with Crippen molar-refractivity contribution in [3.8, 4) is 11.5 Å². The molecule has 0 radical (unpaired) electrons. The number of aromatic amines is 1. The van der Waals surface area contributed by atoms with Gasteiger partial charge in [-0.15, -0.1) is 11.3 Å². The summed E-state index contributed by atoms with van der Waals surface area (Å²) in [6, 6.07) is 12.3. The molecular weight excluding hydrogens is 358 g/mol. The van der Waals surface area contributed by atoms with Crippen LogP contribution in [-0.4, -0.2) is 15.0 Å². The molecule has 124 valence electrons. The molecule has 2 aromatic carbocycles. The molecule has 0 aliphatic carbocycles. The van der Waals surface area contributed by atoms with Crippen LogP contribution in [0.4, 0.5) is 0 Å². The molecule has 7 heteroatoms. The normalized spacial score (nSPS) is 10.9. The summed E-state index contributed by atoms with van der Waals surface area (Å²) in [4.78, 5) is 23.9. The van der Waals surface area contributed by atoms with Crippen LogP contribution in [-0.2, 0) is 6.42 Å². The summed E-state index contributed by atoms with van der Waals surface area (Å²) in [6.45, 7) is 0. The lowest BCUT2D eigenvalue weighted by Gasteiger charge is -2.07. The van der Waals surface area contributed by atoms with Gasteiger partial charge in [0.05, 0.1) is 22.1 Å². The standard InChI is InChI=1S/C18H12ClN3O2S/c19-11-1-3-13(4-2-11)24-14-5-6-16-15(8-14)18(23)22-17(21-16)7-12-9-25-10-20-12/h1-6,8-10H,7H2,(H,21,22,23). The summed E-state index contributed by atoms with van der Waals surface area (Å²) in [5, 5.41) is 3.06. The van der Waals surface area contributed by atoms with Crippen molar-refractivity contribution in [2.75, 3.05) is 0 Å². The zero-order valence-corrected chi connectivity index (χ0v) is 14.5. The summed E-state index contributed by atoms with van der Waals surface area (Å²) in [5.41, 5.74) is 3.07. The second kappa shape index (κ2) is 6.66. The SMILES string of the molecule is O=c1[nH]c(Cc2cscn2)nc2ccc(Oc3ccc(Cl)cc3)cc12. The number of nitrogens with zero attached hydrogens (tertiary/aromatic N) is 2. The molecule has 0 bridgehead atoms. The quantitative estimate of drug-likeness (QED) is 0.578. The molecule has 2 aromatic heterocycles. The summed E-state index contributed by atoms with van der Waals surface area (Å²) >= 11 is 7.38. The lowest BCUT2D eigenvalue weighted by Crippen LogP contribution is -2.12. The Morgan fingerprint density at radius 3 is 2.68 bits per heavy atom. The van der Waals surface area contributed by atoms with Crippen molar-refractivity contribution in [2.24, 2.45) is 0 Å². The summed E-state index contributed by atoms with van der Waals surface area (Å²) < 4.78 is 5.76. The lowest BCUT2D eigenvalue weighted by molar-refractivity contribution is 0.483. The molecule has 1 N–H and O–H groups in total. The molecule has 25 heavy (non-hydrogen) atoms. The fraction of sp³-hybridized carbons (Fsp3) is 0.0556. The van der Waals surface area contributed by atoms with Gasteiger partial charge in [0.25, 0.3) is 5.56 Å². The van der Waals surface area contributed by atoms with Crippen molar-refractivity contribution in [1.29, 1.82) is 0 Å². The van der Waals surface area contributed by atoms with Gasteiger partial charge in [-0.05, 0) is 42.5 Å². The van der Waals surface area contributed by atoms with Crippen LogP contribution in [0.25, 0.3) is 10.9 Å². The van der Waals surface area contributed by atoms with E-state index in [-0.39, 0.29) is 5.56 Å². The lowest BCUT2D eigenvalue weighted by atomic mass is 10.2. The van der Waals surface area contributed by atoms with Crippen LogP contribution in [0.15, 0.2) is 58.1 Å². The molecule has 0 saturated carbocycles. The van der Waals surface area contributed by atoms with Gasteiger partial charge in [0, 0.05) is 16.8 Å². The molecule has 0 spiro atoms. The summed E-state index contributed by atoms with van der Waals surface area (Å²) in [7, 11) is 0. The number of hydrogen-bond donors (Lipinski definition) is 1. The molecule has 4 aromatic rings. The topological polar surface area (TPSA) is 67.9 Å². The first-order valence-corrected chi connectivity index (χ1v) is 8.83. The minimum atomic E-state index is -0.197. The van der Waals surface area contributed by atoms with Gasteiger partial charge >= 0.3 is 0 Å². The van der Waals surface area contributed by atoms with E-state index in [0.717, 1.165) is 5.69 Å².